The Morgan fingerprint density at radius 1 is 1.14 bits per heavy atom. The van der Waals surface area contributed by atoms with E-state index >= 15 is 0 Å². The molecule has 8 heteroatoms. The lowest BCUT2D eigenvalue weighted by atomic mass is 10.1. The summed E-state index contributed by atoms with van der Waals surface area (Å²) >= 11 is 0. The van der Waals surface area contributed by atoms with E-state index in [-0.39, 0.29) is 11.5 Å². The van der Waals surface area contributed by atoms with Crippen LogP contribution in [0.25, 0.3) is 5.82 Å². The highest BCUT2D eigenvalue weighted by atomic mass is 16.2. The Morgan fingerprint density at radius 3 is 2.43 bits per heavy atom. The molecule has 1 N–H and O–H groups in total. The topological polar surface area (TPSA) is 87.1 Å². The number of anilines is 1. The van der Waals surface area contributed by atoms with Crippen LogP contribution in [-0.2, 0) is 6.54 Å². The van der Waals surface area contributed by atoms with Gasteiger partial charge in [0.2, 0.25) is 0 Å². The molecule has 0 saturated heterocycles. The normalized spacial score (nSPS) is 10.7. The number of hydrogen-bond donors (Lipinski definition) is 1. The number of aromatic nitrogens is 4. The molecule has 0 bridgehead atoms. The molecule has 0 aliphatic carbocycles. The number of aromatic amines is 1. The van der Waals surface area contributed by atoms with Gasteiger partial charge in [0.15, 0.2) is 5.82 Å². The predicted octanol–water partition coefficient (Wildman–Crippen LogP) is 1.99. The third kappa shape index (κ3) is 3.95. The molecule has 0 aliphatic rings. The Morgan fingerprint density at radius 2 is 1.86 bits per heavy atom. The zero-order valence-corrected chi connectivity index (χ0v) is 16.5. The molecule has 0 aliphatic heterocycles. The van der Waals surface area contributed by atoms with E-state index in [1.54, 1.807) is 21.8 Å². The van der Waals surface area contributed by atoms with Gasteiger partial charge < -0.3 is 9.80 Å². The average Bonchev–Trinajstić information content (AvgIpc) is 3.08. The molecule has 0 radical (unpaired) electrons. The van der Waals surface area contributed by atoms with Gasteiger partial charge in [-0.3, -0.25) is 9.59 Å². The Hall–Kier alpha value is -3.42. The number of carbonyl (C=O) groups is 1. The first-order chi connectivity index (χ1) is 13.4. The maximum absolute atomic E-state index is 13.1. The standard InChI is InChI=1S/C20H24N6O2/c1-5-25(13-15-6-8-16(9-7-15)24(3)4)20(28)17-12-21-26(14(17)2)18-10-11-19(27)23-22-18/h6-12H,5,13H2,1-4H3,(H,23,27). The second-order valence-corrected chi connectivity index (χ2v) is 6.72. The Kier molecular flexibility index (Phi) is 5.58. The maximum atomic E-state index is 13.1. The molecular formula is C20H24N6O2. The highest BCUT2D eigenvalue weighted by Gasteiger charge is 2.21. The van der Waals surface area contributed by atoms with Gasteiger partial charge in [-0.15, -0.1) is 0 Å². The van der Waals surface area contributed by atoms with Gasteiger partial charge in [-0.1, -0.05) is 12.1 Å². The summed E-state index contributed by atoms with van der Waals surface area (Å²) in [4.78, 5) is 28.1. The van der Waals surface area contributed by atoms with E-state index in [9.17, 15) is 9.59 Å². The predicted molar refractivity (Wildman–Crippen MR) is 108 cm³/mol. The summed E-state index contributed by atoms with van der Waals surface area (Å²) < 4.78 is 1.54. The largest absolute Gasteiger partial charge is 0.378 e. The first kappa shape index (κ1) is 19.3. The van der Waals surface area contributed by atoms with Crippen LogP contribution in [0.5, 0.6) is 0 Å². The Balaban J connectivity index is 1.81. The van der Waals surface area contributed by atoms with E-state index in [0.717, 1.165) is 11.3 Å². The zero-order chi connectivity index (χ0) is 20.3. The number of hydrogen-bond acceptors (Lipinski definition) is 5. The van der Waals surface area contributed by atoms with Crippen molar-refractivity contribution in [2.24, 2.45) is 0 Å². The fraction of sp³-hybridized carbons (Fsp3) is 0.300. The van der Waals surface area contributed by atoms with E-state index in [4.69, 9.17) is 0 Å². The molecule has 0 saturated carbocycles. The van der Waals surface area contributed by atoms with Gasteiger partial charge in [-0.25, -0.2) is 9.78 Å². The van der Waals surface area contributed by atoms with Crippen LogP contribution < -0.4 is 10.5 Å². The summed E-state index contributed by atoms with van der Waals surface area (Å²) in [5.41, 5.74) is 3.07. The molecule has 28 heavy (non-hydrogen) atoms. The molecule has 146 valence electrons. The summed E-state index contributed by atoms with van der Waals surface area (Å²) in [6.07, 6.45) is 1.54. The van der Waals surface area contributed by atoms with Crippen LogP contribution in [0.15, 0.2) is 47.4 Å². The van der Waals surface area contributed by atoms with E-state index in [1.165, 1.54) is 6.07 Å². The molecule has 3 aromatic rings. The van der Waals surface area contributed by atoms with Gasteiger partial charge in [-0.2, -0.15) is 10.2 Å². The number of amides is 1. The Bertz CT molecular complexity index is 999. The monoisotopic (exact) mass is 380 g/mol. The lowest BCUT2D eigenvalue weighted by Crippen LogP contribution is -2.30. The van der Waals surface area contributed by atoms with Crippen LogP contribution in [0.3, 0.4) is 0 Å². The third-order valence-corrected chi connectivity index (χ3v) is 4.62. The van der Waals surface area contributed by atoms with E-state index in [0.29, 0.717) is 30.2 Å². The van der Waals surface area contributed by atoms with Gasteiger partial charge in [0.1, 0.15) is 0 Å². The fourth-order valence-corrected chi connectivity index (χ4v) is 2.92. The molecule has 0 fully saturated rings. The third-order valence-electron chi connectivity index (χ3n) is 4.62. The molecule has 1 aromatic carbocycles. The SMILES string of the molecule is CCN(Cc1ccc(N(C)C)cc1)C(=O)c1cnn(-c2ccc(=O)[nH]n2)c1C. The van der Waals surface area contributed by atoms with Crippen molar-refractivity contribution < 1.29 is 4.79 Å². The molecular weight excluding hydrogens is 356 g/mol. The van der Waals surface area contributed by atoms with Crippen LogP contribution in [0.1, 0.15) is 28.5 Å². The van der Waals surface area contributed by atoms with Gasteiger partial charge in [0.05, 0.1) is 17.5 Å². The molecule has 3 rings (SSSR count). The fourth-order valence-electron chi connectivity index (χ4n) is 2.92. The van der Waals surface area contributed by atoms with Crippen molar-refractivity contribution in [3.63, 3.8) is 0 Å². The highest BCUT2D eigenvalue weighted by Crippen LogP contribution is 2.17. The van der Waals surface area contributed by atoms with E-state index in [1.807, 2.05) is 57.1 Å². The molecule has 0 atom stereocenters. The quantitative estimate of drug-likeness (QED) is 0.707. The number of H-pyrrole nitrogens is 1. The minimum Gasteiger partial charge on any atom is -0.378 e. The van der Waals surface area contributed by atoms with Crippen LogP contribution in [0, 0.1) is 6.92 Å². The van der Waals surface area contributed by atoms with E-state index in [2.05, 4.69) is 15.3 Å². The number of nitrogens with one attached hydrogen (secondary N) is 1. The summed E-state index contributed by atoms with van der Waals surface area (Å²) in [7, 11) is 3.99. The summed E-state index contributed by atoms with van der Waals surface area (Å²) in [6, 6.07) is 11.1. The summed E-state index contributed by atoms with van der Waals surface area (Å²) in [5.74, 6) is 0.367. The smallest absolute Gasteiger partial charge is 0.264 e. The van der Waals surface area contributed by atoms with Gasteiger partial charge in [0.25, 0.3) is 11.5 Å². The van der Waals surface area contributed by atoms with E-state index < -0.39 is 0 Å². The minimum atomic E-state index is -0.290. The lowest BCUT2D eigenvalue weighted by Gasteiger charge is -2.21. The van der Waals surface area contributed by atoms with Gasteiger partial charge >= 0.3 is 0 Å². The van der Waals surface area contributed by atoms with Crippen molar-refractivity contribution in [3.8, 4) is 5.82 Å². The van der Waals surface area contributed by atoms with Crippen molar-refractivity contribution in [1.82, 2.24) is 24.9 Å². The van der Waals surface area contributed by atoms with Crippen LogP contribution >= 0.6 is 0 Å². The lowest BCUT2D eigenvalue weighted by molar-refractivity contribution is 0.0752. The van der Waals surface area contributed by atoms with Crippen molar-refractivity contribution in [3.05, 3.63) is 69.8 Å². The number of rotatable bonds is 6. The van der Waals surface area contributed by atoms with Gasteiger partial charge in [-0.05, 0) is 37.6 Å². The average molecular weight is 380 g/mol. The molecule has 2 aromatic heterocycles. The molecule has 0 spiro atoms. The second-order valence-electron chi connectivity index (χ2n) is 6.72. The first-order valence-electron chi connectivity index (χ1n) is 9.07. The summed E-state index contributed by atoms with van der Waals surface area (Å²) in [6.45, 7) is 4.86. The second kappa shape index (κ2) is 8.08. The first-order valence-corrected chi connectivity index (χ1v) is 9.07. The maximum Gasteiger partial charge on any atom is 0.264 e. The van der Waals surface area contributed by atoms with Crippen molar-refractivity contribution in [1.29, 1.82) is 0 Å². The molecule has 1 amide bonds. The molecule has 0 unspecified atom stereocenters. The molecule has 8 nitrogen and oxygen atoms in total. The minimum absolute atomic E-state index is 0.0904. The van der Waals surface area contributed by atoms with Crippen molar-refractivity contribution >= 4 is 11.6 Å². The number of nitrogens with zero attached hydrogens (tertiary/aromatic N) is 5. The van der Waals surface area contributed by atoms with Crippen molar-refractivity contribution in [2.75, 3.05) is 25.5 Å². The number of benzene rings is 1. The highest BCUT2D eigenvalue weighted by molar-refractivity contribution is 5.95. The van der Waals surface area contributed by atoms with Crippen LogP contribution in [0.4, 0.5) is 5.69 Å². The van der Waals surface area contributed by atoms with Crippen molar-refractivity contribution in [2.45, 2.75) is 20.4 Å². The Labute approximate surface area is 163 Å². The molecule has 2 heterocycles. The summed E-state index contributed by atoms with van der Waals surface area (Å²) in [5, 5.41) is 10.6. The van der Waals surface area contributed by atoms with Crippen LogP contribution in [0.2, 0.25) is 0 Å². The van der Waals surface area contributed by atoms with Crippen LogP contribution in [-0.4, -0.2) is 51.4 Å². The zero-order valence-electron chi connectivity index (χ0n) is 16.5. The van der Waals surface area contributed by atoms with Gasteiger partial charge in [0, 0.05) is 38.9 Å². The number of carbonyl (C=O) groups excluding carboxylic acids is 1.